The number of carbonyl (C=O) groups excluding carboxylic acids is 1. The number of ether oxygens (including phenoxy) is 2. The number of hydrogen-bond acceptors (Lipinski definition) is 4. The van der Waals surface area contributed by atoms with Gasteiger partial charge >= 0.3 is 0 Å². The molecule has 5 nitrogen and oxygen atoms in total. The lowest BCUT2D eigenvalue weighted by molar-refractivity contribution is -0.132. The number of aliphatic hydroxyl groups excluding tert-OH is 1. The zero-order valence-electron chi connectivity index (χ0n) is 14.2. The molecular weight excluding hydrogens is 318 g/mol. The van der Waals surface area contributed by atoms with Crippen LogP contribution in [0.25, 0.3) is 10.8 Å². The van der Waals surface area contributed by atoms with Gasteiger partial charge in [0.15, 0.2) is 6.61 Å². The lowest BCUT2D eigenvalue weighted by atomic mass is 9.75. The molecule has 2 aromatic carbocycles. The Morgan fingerprint density at radius 1 is 1.28 bits per heavy atom. The quantitative estimate of drug-likeness (QED) is 0.925. The van der Waals surface area contributed by atoms with Gasteiger partial charge in [0.25, 0.3) is 5.91 Å². The van der Waals surface area contributed by atoms with Crippen LogP contribution in [0.3, 0.4) is 0 Å². The van der Waals surface area contributed by atoms with Crippen LogP contribution in [-0.2, 0) is 9.53 Å². The molecule has 2 fully saturated rings. The highest BCUT2D eigenvalue weighted by Gasteiger charge is 2.49. The van der Waals surface area contributed by atoms with Crippen molar-refractivity contribution in [1.29, 1.82) is 0 Å². The molecule has 1 amide bonds. The Hall–Kier alpha value is -2.11. The van der Waals surface area contributed by atoms with Crippen molar-refractivity contribution in [2.24, 2.45) is 11.3 Å². The Labute approximate surface area is 147 Å². The molecule has 2 atom stereocenters. The molecule has 0 aromatic heterocycles. The van der Waals surface area contributed by atoms with E-state index in [1.807, 2.05) is 47.4 Å². The van der Waals surface area contributed by atoms with Gasteiger partial charge in [-0.25, -0.2) is 0 Å². The lowest BCUT2D eigenvalue weighted by Gasteiger charge is -2.36. The molecule has 25 heavy (non-hydrogen) atoms. The Morgan fingerprint density at radius 2 is 2.12 bits per heavy atom. The molecule has 132 valence electrons. The highest BCUT2D eigenvalue weighted by atomic mass is 16.5. The lowest BCUT2D eigenvalue weighted by Crippen LogP contribution is -2.41. The molecule has 0 bridgehead atoms. The molecule has 0 spiro atoms. The zero-order chi connectivity index (χ0) is 17.3. The van der Waals surface area contributed by atoms with Crippen LogP contribution in [0.2, 0.25) is 0 Å². The first-order valence-corrected chi connectivity index (χ1v) is 8.78. The van der Waals surface area contributed by atoms with Crippen LogP contribution in [0.5, 0.6) is 5.75 Å². The van der Waals surface area contributed by atoms with E-state index in [1.54, 1.807) is 0 Å². The van der Waals surface area contributed by atoms with Gasteiger partial charge in [-0.05, 0) is 29.3 Å². The van der Waals surface area contributed by atoms with E-state index in [0.717, 1.165) is 17.2 Å². The maximum atomic E-state index is 12.6. The third-order valence-corrected chi connectivity index (χ3v) is 5.63. The van der Waals surface area contributed by atoms with Gasteiger partial charge in [0.1, 0.15) is 5.75 Å². The Balaban J connectivity index is 1.40. The number of hydrogen-bond donors (Lipinski definition) is 1. The summed E-state index contributed by atoms with van der Waals surface area (Å²) in [6.07, 6.45) is 0.809. The highest BCUT2D eigenvalue weighted by Crippen LogP contribution is 2.41. The van der Waals surface area contributed by atoms with Crippen LogP contribution in [0, 0.1) is 11.3 Å². The molecule has 0 saturated carbocycles. The summed E-state index contributed by atoms with van der Waals surface area (Å²) >= 11 is 0. The summed E-state index contributed by atoms with van der Waals surface area (Å²) in [5.41, 5.74) is -0.198. The first-order valence-electron chi connectivity index (χ1n) is 8.78. The second-order valence-corrected chi connectivity index (χ2v) is 7.11. The smallest absolute Gasteiger partial charge is 0.260 e. The average Bonchev–Trinajstić information content (AvgIpc) is 3.06. The number of nitrogens with zero attached hydrogens (tertiary/aromatic N) is 1. The molecular formula is C20H23NO4. The van der Waals surface area contributed by atoms with Gasteiger partial charge in [-0.15, -0.1) is 0 Å². The third kappa shape index (κ3) is 3.10. The standard InChI is InChI=1S/C20H23NO4/c22-14-20-7-8-24-11-17(20)10-21(13-20)19(23)12-25-18-6-5-15-3-1-2-4-16(15)9-18/h1-6,9,17,22H,7-8,10-14H2/t17-,20-/m1/s1. The summed E-state index contributed by atoms with van der Waals surface area (Å²) < 4.78 is 11.3. The number of aliphatic hydroxyl groups is 1. The minimum Gasteiger partial charge on any atom is -0.484 e. The fourth-order valence-corrected chi connectivity index (χ4v) is 3.99. The molecule has 0 radical (unpaired) electrons. The van der Waals surface area contributed by atoms with Gasteiger partial charge in [0.05, 0.1) is 13.2 Å². The molecule has 2 heterocycles. The second kappa shape index (κ2) is 6.65. The molecule has 5 heteroatoms. The van der Waals surface area contributed by atoms with Crippen LogP contribution in [0.1, 0.15) is 6.42 Å². The van der Waals surface area contributed by atoms with E-state index in [0.29, 0.717) is 32.1 Å². The maximum Gasteiger partial charge on any atom is 0.260 e. The highest BCUT2D eigenvalue weighted by molar-refractivity contribution is 5.84. The predicted octanol–water partition coefficient (Wildman–Crippen LogP) is 2.08. The predicted molar refractivity (Wildman–Crippen MR) is 94.5 cm³/mol. The third-order valence-electron chi connectivity index (χ3n) is 5.63. The van der Waals surface area contributed by atoms with Crippen LogP contribution >= 0.6 is 0 Å². The molecule has 4 rings (SSSR count). The van der Waals surface area contributed by atoms with E-state index in [4.69, 9.17) is 9.47 Å². The van der Waals surface area contributed by atoms with E-state index >= 15 is 0 Å². The first-order chi connectivity index (χ1) is 12.2. The fraction of sp³-hybridized carbons (Fsp3) is 0.450. The number of likely N-dealkylation sites (tertiary alicyclic amines) is 1. The van der Waals surface area contributed by atoms with Gasteiger partial charge in [-0.1, -0.05) is 30.3 Å². The molecule has 1 N–H and O–H groups in total. The molecule has 2 saturated heterocycles. The summed E-state index contributed by atoms with van der Waals surface area (Å²) in [6.45, 7) is 2.64. The Bertz CT molecular complexity index is 777. The van der Waals surface area contributed by atoms with E-state index in [1.165, 1.54) is 0 Å². The van der Waals surface area contributed by atoms with Crippen molar-refractivity contribution >= 4 is 16.7 Å². The van der Waals surface area contributed by atoms with Gasteiger partial charge in [0, 0.05) is 31.0 Å². The Morgan fingerprint density at radius 3 is 2.92 bits per heavy atom. The summed E-state index contributed by atoms with van der Waals surface area (Å²) in [5, 5.41) is 12.1. The largest absolute Gasteiger partial charge is 0.484 e. The van der Waals surface area contributed by atoms with Crippen molar-refractivity contribution in [3.05, 3.63) is 42.5 Å². The van der Waals surface area contributed by atoms with Crippen LogP contribution in [0.4, 0.5) is 0 Å². The zero-order valence-corrected chi connectivity index (χ0v) is 14.2. The van der Waals surface area contributed by atoms with Gasteiger partial charge in [0.2, 0.25) is 0 Å². The van der Waals surface area contributed by atoms with Gasteiger partial charge in [-0.2, -0.15) is 0 Å². The van der Waals surface area contributed by atoms with Crippen molar-refractivity contribution in [2.45, 2.75) is 6.42 Å². The number of fused-ring (bicyclic) bond motifs is 2. The van der Waals surface area contributed by atoms with E-state index in [-0.39, 0.29) is 30.5 Å². The summed E-state index contributed by atoms with van der Waals surface area (Å²) in [5.74, 6) is 0.884. The second-order valence-electron chi connectivity index (χ2n) is 7.11. The van der Waals surface area contributed by atoms with Crippen molar-refractivity contribution in [3.8, 4) is 5.75 Å². The minimum atomic E-state index is -0.198. The molecule has 2 aliphatic rings. The monoisotopic (exact) mass is 341 g/mol. The number of amides is 1. The van der Waals surface area contributed by atoms with Crippen LogP contribution in [0.15, 0.2) is 42.5 Å². The van der Waals surface area contributed by atoms with Crippen molar-refractivity contribution in [3.63, 3.8) is 0 Å². The fourth-order valence-electron chi connectivity index (χ4n) is 3.99. The molecule has 2 aliphatic heterocycles. The van der Waals surface area contributed by atoms with Crippen molar-refractivity contribution in [2.75, 3.05) is 39.5 Å². The van der Waals surface area contributed by atoms with E-state index < -0.39 is 0 Å². The van der Waals surface area contributed by atoms with Crippen LogP contribution in [-0.4, -0.2) is 55.4 Å². The van der Waals surface area contributed by atoms with E-state index in [9.17, 15) is 9.90 Å². The first kappa shape index (κ1) is 16.4. The summed E-state index contributed by atoms with van der Waals surface area (Å²) in [4.78, 5) is 14.4. The molecule has 0 aliphatic carbocycles. The number of rotatable bonds is 4. The number of carbonyl (C=O) groups is 1. The molecule has 0 unspecified atom stereocenters. The average molecular weight is 341 g/mol. The minimum absolute atomic E-state index is 0.0213. The normalized spacial score (nSPS) is 25.8. The van der Waals surface area contributed by atoms with Crippen molar-refractivity contribution < 1.29 is 19.4 Å². The SMILES string of the molecule is O=C(COc1ccc2ccccc2c1)N1C[C@@H]2COCC[C@]2(CO)C1. The topological polar surface area (TPSA) is 59.0 Å². The van der Waals surface area contributed by atoms with E-state index in [2.05, 4.69) is 0 Å². The maximum absolute atomic E-state index is 12.6. The van der Waals surface area contributed by atoms with Crippen LogP contribution < -0.4 is 4.74 Å². The van der Waals surface area contributed by atoms with Gasteiger partial charge in [-0.3, -0.25) is 4.79 Å². The summed E-state index contributed by atoms with van der Waals surface area (Å²) in [7, 11) is 0. The van der Waals surface area contributed by atoms with Gasteiger partial charge < -0.3 is 19.5 Å². The van der Waals surface area contributed by atoms with Crippen molar-refractivity contribution in [1.82, 2.24) is 4.90 Å². The number of benzene rings is 2. The molecule has 2 aromatic rings. The summed E-state index contributed by atoms with van der Waals surface area (Å²) in [6, 6.07) is 13.9. The Kier molecular flexibility index (Phi) is 4.36.